The SMILES string of the molecule is BrCc1ccccc1CBr.COC(=O)Cc1ccccc1CC(=O)OC. The van der Waals surface area contributed by atoms with Crippen molar-refractivity contribution in [3.8, 4) is 0 Å². The predicted octanol–water partition coefficient (Wildman–Crippen LogP) is 4.59. The molecule has 0 bridgehead atoms. The minimum absolute atomic E-state index is 0.170. The molecule has 140 valence electrons. The quantitative estimate of drug-likeness (QED) is 0.443. The summed E-state index contributed by atoms with van der Waals surface area (Å²) in [6.45, 7) is 0. The van der Waals surface area contributed by atoms with E-state index in [4.69, 9.17) is 0 Å². The average Bonchev–Trinajstić information content (AvgIpc) is 2.69. The van der Waals surface area contributed by atoms with Gasteiger partial charge in [0.2, 0.25) is 0 Å². The molecule has 0 heterocycles. The lowest BCUT2D eigenvalue weighted by atomic mass is 10.0. The Bertz CT molecular complexity index is 656. The van der Waals surface area contributed by atoms with Crippen molar-refractivity contribution in [2.75, 3.05) is 14.2 Å². The number of methoxy groups -OCH3 is 2. The van der Waals surface area contributed by atoms with Crippen molar-refractivity contribution in [1.29, 1.82) is 0 Å². The Labute approximate surface area is 171 Å². The van der Waals surface area contributed by atoms with E-state index in [-0.39, 0.29) is 24.8 Å². The molecule has 0 aliphatic rings. The van der Waals surface area contributed by atoms with Gasteiger partial charge in [0.25, 0.3) is 0 Å². The Morgan fingerprint density at radius 1 is 0.692 bits per heavy atom. The van der Waals surface area contributed by atoms with Crippen LogP contribution in [0.15, 0.2) is 48.5 Å². The third kappa shape index (κ3) is 7.70. The summed E-state index contributed by atoms with van der Waals surface area (Å²) >= 11 is 6.86. The lowest BCUT2D eigenvalue weighted by Crippen LogP contribution is -2.10. The molecular weight excluding hydrogens is 464 g/mol. The summed E-state index contributed by atoms with van der Waals surface area (Å²) in [5.41, 5.74) is 4.30. The monoisotopic (exact) mass is 484 g/mol. The van der Waals surface area contributed by atoms with Crippen LogP contribution in [0, 0.1) is 0 Å². The summed E-state index contributed by atoms with van der Waals surface area (Å²) < 4.78 is 9.17. The van der Waals surface area contributed by atoms with Gasteiger partial charge in [0.1, 0.15) is 0 Å². The van der Waals surface area contributed by atoms with Gasteiger partial charge in [0.15, 0.2) is 0 Å². The Morgan fingerprint density at radius 2 is 1.00 bits per heavy atom. The lowest BCUT2D eigenvalue weighted by molar-refractivity contribution is -0.141. The summed E-state index contributed by atoms with van der Waals surface area (Å²) in [4.78, 5) is 22.3. The minimum Gasteiger partial charge on any atom is -0.469 e. The highest BCUT2D eigenvalue weighted by Gasteiger charge is 2.10. The highest BCUT2D eigenvalue weighted by Crippen LogP contribution is 2.14. The molecule has 2 aromatic carbocycles. The first-order valence-corrected chi connectivity index (χ1v) is 10.2. The summed E-state index contributed by atoms with van der Waals surface area (Å²) in [7, 11) is 2.68. The fourth-order valence-electron chi connectivity index (χ4n) is 2.18. The largest absolute Gasteiger partial charge is 0.469 e. The fourth-order valence-corrected chi connectivity index (χ4v) is 3.27. The fraction of sp³-hybridized carbons (Fsp3) is 0.300. The van der Waals surface area contributed by atoms with E-state index in [2.05, 4.69) is 65.6 Å². The lowest BCUT2D eigenvalue weighted by Gasteiger charge is -2.07. The van der Waals surface area contributed by atoms with Crippen LogP contribution in [0.3, 0.4) is 0 Å². The van der Waals surface area contributed by atoms with E-state index in [0.29, 0.717) is 0 Å². The molecule has 0 radical (unpaired) electrons. The molecule has 0 aromatic heterocycles. The predicted molar refractivity (Wildman–Crippen MR) is 110 cm³/mol. The van der Waals surface area contributed by atoms with Gasteiger partial charge in [-0.1, -0.05) is 80.4 Å². The van der Waals surface area contributed by atoms with Crippen LogP contribution in [-0.2, 0) is 42.6 Å². The first kappa shape index (κ1) is 22.4. The number of hydrogen-bond acceptors (Lipinski definition) is 4. The molecule has 0 fully saturated rings. The number of rotatable bonds is 6. The van der Waals surface area contributed by atoms with Gasteiger partial charge in [-0.2, -0.15) is 0 Å². The molecule has 2 rings (SSSR count). The van der Waals surface area contributed by atoms with E-state index >= 15 is 0 Å². The second-order valence-corrected chi connectivity index (χ2v) is 6.43. The van der Waals surface area contributed by atoms with Gasteiger partial charge >= 0.3 is 11.9 Å². The third-order valence-electron chi connectivity index (χ3n) is 3.65. The van der Waals surface area contributed by atoms with Gasteiger partial charge in [0.05, 0.1) is 27.1 Å². The zero-order valence-electron chi connectivity index (χ0n) is 14.8. The molecule has 26 heavy (non-hydrogen) atoms. The van der Waals surface area contributed by atoms with Crippen LogP contribution in [0.25, 0.3) is 0 Å². The van der Waals surface area contributed by atoms with E-state index in [1.807, 2.05) is 12.1 Å². The highest BCUT2D eigenvalue weighted by molar-refractivity contribution is 9.09. The average molecular weight is 486 g/mol. The maximum atomic E-state index is 11.2. The molecule has 0 saturated carbocycles. The van der Waals surface area contributed by atoms with Crippen molar-refractivity contribution in [1.82, 2.24) is 0 Å². The van der Waals surface area contributed by atoms with E-state index in [0.717, 1.165) is 21.8 Å². The summed E-state index contributed by atoms with van der Waals surface area (Å²) in [6.07, 6.45) is 0.341. The maximum absolute atomic E-state index is 11.2. The van der Waals surface area contributed by atoms with E-state index < -0.39 is 0 Å². The molecule has 0 saturated heterocycles. The first-order chi connectivity index (χ1) is 12.5. The van der Waals surface area contributed by atoms with Crippen molar-refractivity contribution >= 4 is 43.8 Å². The standard InChI is InChI=1S/C12H14O4.C8H8Br2/c1-15-11(13)7-9-5-3-4-6-10(9)8-12(14)16-2;9-5-7-3-1-2-4-8(7)6-10/h3-6H,7-8H2,1-2H3;1-4H,5-6H2. The van der Waals surface area contributed by atoms with Gasteiger partial charge < -0.3 is 9.47 Å². The van der Waals surface area contributed by atoms with Crippen LogP contribution in [0.5, 0.6) is 0 Å². The number of hydrogen-bond donors (Lipinski definition) is 0. The molecular formula is C20H22Br2O4. The van der Waals surface area contributed by atoms with Crippen molar-refractivity contribution in [3.05, 3.63) is 70.8 Å². The molecule has 2 aromatic rings. The maximum Gasteiger partial charge on any atom is 0.309 e. The molecule has 0 unspecified atom stereocenters. The van der Waals surface area contributed by atoms with E-state index in [1.165, 1.54) is 25.3 Å². The Balaban J connectivity index is 0.000000289. The smallest absolute Gasteiger partial charge is 0.309 e. The number of carbonyl (C=O) groups excluding carboxylic acids is 2. The zero-order chi connectivity index (χ0) is 19.4. The number of alkyl halides is 2. The van der Waals surface area contributed by atoms with Gasteiger partial charge in [-0.15, -0.1) is 0 Å². The van der Waals surface area contributed by atoms with Crippen LogP contribution in [-0.4, -0.2) is 26.2 Å². The van der Waals surface area contributed by atoms with E-state index in [1.54, 1.807) is 12.1 Å². The molecule has 6 heteroatoms. The minimum atomic E-state index is -0.322. The molecule has 0 aliphatic heterocycles. The van der Waals surface area contributed by atoms with Crippen LogP contribution >= 0.6 is 31.9 Å². The molecule has 0 spiro atoms. The van der Waals surface area contributed by atoms with E-state index in [9.17, 15) is 9.59 Å². The molecule has 0 aliphatic carbocycles. The molecule has 0 N–H and O–H groups in total. The van der Waals surface area contributed by atoms with Gasteiger partial charge in [-0.3, -0.25) is 9.59 Å². The van der Waals surface area contributed by atoms with Crippen molar-refractivity contribution in [2.45, 2.75) is 23.5 Å². The number of benzene rings is 2. The molecule has 0 atom stereocenters. The summed E-state index contributed by atoms with van der Waals surface area (Å²) in [5.74, 6) is -0.644. The zero-order valence-corrected chi connectivity index (χ0v) is 18.0. The Morgan fingerprint density at radius 3 is 1.27 bits per heavy atom. The molecule has 4 nitrogen and oxygen atoms in total. The van der Waals surface area contributed by atoms with Crippen molar-refractivity contribution < 1.29 is 19.1 Å². The first-order valence-electron chi connectivity index (χ1n) is 7.94. The topological polar surface area (TPSA) is 52.6 Å². The summed E-state index contributed by atoms with van der Waals surface area (Å²) in [6, 6.07) is 15.6. The van der Waals surface area contributed by atoms with Crippen molar-refractivity contribution in [3.63, 3.8) is 0 Å². The van der Waals surface area contributed by atoms with Crippen LogP contribution in [0.1, 0.15) is 22.3 Å². The number of halogens is 2. The number of esters is 2. The number of carbonyl (C=O) groups is 2. The van der Waals surface area contributed by atoms with Gasteiger partial charge in [-0.05, 0) is 22.3 Å². The Kier molecular flexibility index (Phi) is 10.9. The normalized spacial score (nSPS) is 9.69. The van der Waals surface area contributed by atoms with Crippen LogP contribution in [0.2, 0.25) is 0 Å². The van der Waals surface area contributed by atoms with Crippen LogP contribution in [0.4, 0.5) is 0 Å². The second-order valence-electron chi connectivity index (χ2n) is 5.31. The highest BCUT2D eigenvalue weighted by atomic mass is 79.9. The Hall–Kier alpha value is -1.66. The van der Waals surface area contributed by atoms with Crippen LogP contribution < -0.4 is 0 Å². The van der Waals surface area contributed by atoms with Gasteiger partial charge in [0, 0.05) is 10.7 Å². The second kappa shape index (κ2) is 12.7. The molecule has 0 amide bonds. The number of ether oxygens (including phenoxy) is 2. The van der Waals surface area contributed by atoms with Crippen molar-refractivity contribution in [2.24, 2.45) is 0 Å². The van der Waals surface area contributed by atoms with Gasteiger partial charge in [-0.25, -0.2) is 0 Å². The third-order valence-corrected chi connectivity index (χ3v) is 4.86. The summed E-state index contributed by atoms with van der Waals surface area (Å²) in [5, 5.41) is 1.88.